The highest BCUT2D eigenvalue weighted by molar-refractivity contribution is 5.85. The second kappa shape index (κ2) is 6.97. The number of nitrogens with one attached hydrogen (secondary N) is 1. The second-order valence-electron chi connectivity index (χ2n) is 6.44. The highest BCUT2D eigenvalue weighted by atomic mass is 35.5. The van der Waals surface area contributed by atoms with Gasteiger partial charge in [-0.15, -0.1) is 12.4 Å². The van der Waals surface area contributed by atoms with Crippen molar-refractivity contribution < 1.29 is 9.59 Å². The summed E-state index contributed by atoms with van der Waals surface area (Å²) in [6.45, 7) is 6.79. The molecule has 1 spiro atoms. The van der Waals surface area contributed by atoms with Crippen molar-refractivity contribution in [3.8, 4) is 0 Å². The summed E-state index contributed by atoms with van der Waals surface area (Å²) in [7, 11) is 0. The van der Waals surface area contributed by atoms with Crippen LogP contribution in [0.2, 0.25) is 0 Å². The van der Waals surface area contributed by atoms with E-state index in [9.17, 15) is 9.59 Å². The van der Waals surface area contributed by atoms with E-state index in [0.29, 0.717) is 13.0 Å². The standard InChI is InChI=1S/C15H27N3O2.ClH/c1-3-15(4-2,10-16)13(20)18-7-5-14(6-8-18)9-12(19)17-11-14;/h3-11,16H2,1-2H3,(H,17,19);1H. The van der Waals surface area contributed by atoms with Crippen molar-refractivity contribution in [1.29, 1.82) is 0 Å². The molecule has 2 aliphatic rings. The largest absolute Gasteiger partial charge is 0.356 e. The predicted molar refractivity (Wildman–Crippen MR) is 85.2 cm³/mol. The average Bonchev–Trinajstić information content (AvgIpc) is 2.83. The number of hydrogen-bond donors (Lipinski definition) is 2. The molecule has 122 valence electrons. The number of nitrogens with zero attached hydrogens (tertiary/aromatic N) is 1. The molecule has 2 rings (SSSR count). The second-order valence-corrected chi connectivity index (χ2v) is 6.44. The van der Waals surface area contributed by atoms with E-state index >= 15 is 0 Å². The molecule has 21 heavy (non-hydrogen) atoms. The van der Waals surface area contributed by atoms with Crippen molar-refractivity contribution in [1.82, 2.24) is 10.2 Å². The Hall–Kier alpha value is -0.810. The first kappa shape index (κ1) is 18.2. The maximum atomic E-state index is 12.7. The number of piperidine rings is 1. The summed E-state index contributed by atoms with van der Waals surface area (Å²) in [5.41, 5.74) is 5.57. The van der Waals surface area contributed by atoms with Gasteiger partial charge in [-0.2, -0.15) is 0 Å². The monoisotopic (exact) mass is 317 g/mol. The molecular formula is C15H28ClN3O2. The first-order valence-electron chi connectivity index (χ1n) is 7.77. The van der Waals surface area contributed by atoms with Crippen LogP contribution in [-0.4, -0.2) is 42.9 Å². The molecule has 2 saturated heterocycles. The quantitative estimate of drug-likeness (QED) is 0.820. The van der Waals surface area contributed by atoms with Crippen molar-refractivity contribution in [2.45, 2.75) is 46.0 Å². The number of carbonyl (C=O) groups excluding carboxylic acids is 2. The highest BCUT2D eigenvalue weighted by Gasteiger charge is 2.44. The Bertz CT molecular complexity index is 380. The van der Waals surface area contributed by atoms with Crippen LogP contribution in [-0.2, 0) is 9.59 Å². The Balaban J connectivity index is 0.00000220. The van der Waals surface area contributed by atoms with Crippen molar-refractivity contribution in [2.75, 3.05) is 26.2 Å². The van der Waals surface area contributed by atoms with Crippen molar-refractivity contribution in [2.24, 2.45) is 16.6 Å². The van der Waals surface area contributed by atoms with E-state index in [1.807, 2.05) is 18.7 Å². The molecule has 0 radical (unpaired) electrons. The Morgan fingerprint density at radius 1 is 1.33 bits per heavy atom. The molecule has 0 aromatic heterocycles. The Morgan fingerprint density at radius 3 is 2.29 bits per heavy atom. The van der Waals surface area contributed by atoms with Crippen LogP contribution < -0.4 is 11.1 Å². The minimum Gasteiger partial charge on any atom is -0.356 e. The number of carbonyl (C=O) groups is 2. The van der Waals surface area contributed by atoms with Gasteiger partial charge in [-0.3, -0.25) is 9.59 Å². The summed E-state index contributed by atoms with van der Waals surface area (Å²) in [6, 6.07) is 0. The zero-order valence-electron chi connectivity index (χ0n) is 13.1. The first-order chi connectivity index (χ1) is 9.51. The third kappa shape index (κ3) is 3.34. The van der Waals surface area contributed by atoms with E-state index in [2.05, 4.69) is 5.32 Å². The number of hydrogen-bond acceptors (Lipinski definition) is 3. The fourth-order valence-corrected chi connectivity index (χ4v) is 3.55. The molecule has 2 aliphatic heterocycles. The Morgan fingerprint density at radius 2 is 1.90 bits per heavy atom. The van der Waals surface area contributed by atoms with Gasteiger partial charge in [-0.25, -0.2) is 0 Å². The van der Waals surface area contributed by atoms with Gasteiger partial charge < -0.3 is 16.0 Å². The molecule has 0 saturated carbocycles. The zero-order valence-corrected chi connectivity index (χ0v) is 13.9. The van der Waals surface area contributed by atoms with Gasteiger partial charge >= 0.3 is 0 Å². The van der Waals surface area contributed by atoms with E-state index in [0.717, 1.165) is 45.3 Å². The van der Waals surface area contributed by atoms with Gasteiger partial charge in [0.15, 0.2) is 0 Å². The lowest BCUT2D eigenvalue weighted by molar-refractivity contribution is -0.144. The predicted octanol–water partition coefficient (Wildman–Crippen LogP) is 1.30. The molecule has 5 nitrogen and oxygen atoms in total. The average molecular weight is 318 g/mol. The SMILES string of the molecule is CCC(CC)(CN)C(=O)N1CCC2(CC1)CNC(=O)C2.Cl. The molecule has 3 N–H and O–H groups in total. The minimum absolute atomic E-state index is 0. The minimum atomic E-state index is -0.395. The van der Waals surface area contributed by atoms with Gasteiger partial charge in [0.05, 0.1) is 5.41 Å². The van der Waals surface area contributed by atoms with E-state index in [1.165, 1.54) is 0 Å². The van der Waals surface area contributed by atoms with E-state index in [4.69, 9.17) is 5.73 Å². The van der Waals surface area contributed by atoms with E-state index in [-0.39, 0.29) is 29.6 Å². The fourth-order valence-electron chi connectivity index (χ4n) is 3.55. The van der Waals surface area contributed by atoms with Crippen LogP contribution in [0.3, 0.4) is 0 Å². The Kier molecular flexibility index (Phi) is 6.05. The van der Waals surface area contributed by atoms with Gasteiger partial charge in [0, 0.05) is 32.6 Å². The smallest absolute Gasteiger partial charge is 0.230 e. The number of halogens is 1. The lowest BCUT2D eigenvalue weighted by Gasteiger charge is -2.42. The topological polar surface area (TPSA) is 75.4 Å². The van der Waals surface area contributed by atoms with Crippen LogP contribution in [0.25, 0.3) is 0 Å². The van der Waals surface area contributed by atoms with E-state index < -0.39 is 5.41 Å². The van der Waals surface area contributed by atoms with Gasteiger partial charge in [-0.1, -0.05) is 13.8 Å². The number of nitrogens with two attached hydrogens (primary N) is 1. The molecule has 0 unspecified atom stereocenters. The van der Waals surface area contributed by atoms with Crippen LogP contribution in [0.15, 0.2) is 0 Å². The molecule has 0 aliphatic carbocycles. The molecule has 0 atom stereocenters. The van der Waals surface area contributed by atoms with E-state index in [1.54, 1.807) is 0 Å². The molecule has 6 heteroatoms. The lowest BCUT2D eigenvalue weighted by atomic mass is 9.75. The molecule has 0 aromatic rings. The summed E-state index contributed by atoms with van der Waals surface area (Å²) >= 11 is 0. The third-order valence-corrected chi connectivity index (χ3v) is 5.51. The summed E-state index contributed by atoms with van der Waals surface area (Å²) in [5.74, 6) is 0.361. The van der Waals surface area contributed by atoms with Crippen LogP contribution in [0.4, 0.5) is 0 Å². The van der Waals surface area contributed by atoms with Gasteiger partial charge in [0.2, 0.25) is 11.8 Å². The summed E-state index contributed by atoms with van der Waals surface area (Å²) in [6.07, 6.45) is 4.05. The molecule has 2 amide bonds. The summed E-state index contributed by atoms with van der Waals surface area (Å²) in [5, 5.41) is 2.93. The Labute approximate surface area is 133 Å². The highest BCUT2D eigenvalue weighted by Crippen LogP contribution is 2.39. The van der Waals surface area contributed by atoms with Crippen LogP contribution in [0.5, 0.6) is 0 Å². The summed E-state index contributed by atoms with van der Waals surface area (Å²) in [4.78, 5) is 26.1. The molecular weight excluding hydrogens is 290 g/mol. The van der Waals surface area contributed by atoms with Crippen molar-refractivity contribution in [3.05, 3.63) is 0 Å². The zero-order chi connectivity index (χ0) is 14.8. The third-order valence-electron chi connectivity index (χ3n) is 5.51. The first-order valence-corrected chi connectivity index (χ1v) is 7.77. The molecule has 0 bridgehead atoms. The molecule has 0 aromatic carbocycles. The number of amides is 2. The molecule has 2 fully saturated rings. The normalized spacial score (nSPS) is 21.1. The summed E-state index contributed by atoms with van der Waals surface area (Å²) < 4.78 is 0. The number of likely N-dealkylation sites (tertiary alicyclic amines) is 1. The maximum Gasteiger partial charge on any atom is 0.230 e. The van der Waals surface area contributed by atoms with Gasteiger partial charge in [0.1, 0.15) is 0 Å². The van der Waals surface area contributed by atoms with Gasteiger partial charge in [-0.05, 0) is 31.1 Å². The fraction of sp³-hybridized carbons (Fsp3) is 0.867. The maximum absolute atomic E-state index is 12.7. The lowest BCUT2D eigenvalue weighted by Crippen LogP contribution is -2.52. The van der Waals surface area contributed by atoms with Crippen molar-refractivity contribution in [3.63, 3.8) is 0 Å². The van der Waals surface area contributed by atoms with Crippen molar-refractivity contribution >= 4 is 24.2 Å². The van der Waals surface area contributed by atoms with Crippen LogP contribution >= 0.6 is 12.4 Å². The van der Waals surface area contributed by atoms with Gasteiger partial charge in [0.25, 0.3) is 0 Å². The van der Waals surface area contributed by atoms with Crippen LogP contribution in [0, 0.1) is 10.8 Å². The number of rotatable bonds is 4. The van der Waals surface area contributed by atoms with Crippen LogP contribution in [0.1, 0.15) is 46.0 Å². The molecule has 2 heterocycles.